The predicted molar refractivity (Wildman–Crippen MR) is 75.2 cm³/mol. The van der Waals surface area contributed by atoms with Crippen LogP contribution in [0.1, 0.15) is 26.3 Å². The van der Waals surface area contributed by atoms with E-state index in [-0.39, 0.29) is 0 Å². The average Bonchev–Trinajstić information content (AvgIpc) is 2.25. The van der Waals surface area contributed by atoms with E-state index in [0.29, 0.717) is 5.69 Å². The van der Waals surface area contributed by atoms with Gasteiger partial charge in [0.1, 0.15) is 5.92 Å². The topological polar surface area (TPSA) is 57.6 Å². The van der Waals surface area contributed by atoms with Gasteiger partial charge in [0.25, 0.3) is 0 Å². The summed E-state index contributed by atoms with van der Waals surface area (Å²) in [4.78, 5) is 25.1. The quantitative estimate of drug-likeness (QED) is 0.853. The molecule has 1 N–H and O–H groups in total. The van der Waals surface area contributed by atoms with Gasteiger partial charge in [0.2, 0.25) is 5.91 Å². The number of nitrogens with zero attached hydrogens (tertiary/aromatic N) is 1. The van der Waals surface area contributed by atoms with Crippen LogP contribution in [0.4, 0.5) is 5.69 Å². The number of aryl methyl sites for hydroxylation is 1. The Balaban J connectivity index is 3.07. The molecule has 1 amide bonds. The number of amides is 1. The van der Waals surface area contributed by atoms with E-state index in [0.717, 1.165) is 5.56 Å². The van der Waals surface area contributed by atoms with Crippen LogP contribution >= 0.6 is 0 Å². The Morgan fingerprint density at radius 1 is 1.26 bits per heavy atom. The summed E-state index contributed by atoms with van der Waals surface area (Å²) in [6.07, 6.45) is 0. The number of hydrogen-bond donors (Lipinski definition) is 1. The van der Waals surface area contributed by atoms with Crippen LogP contribution in [0, 0.1) is 18.3 Å². The van der Waals surface area contributed by atoms with E-state index >= 15 is 0 Å². The lowest BCUT2D eigenvalue weighted by Gasteiger charge is -2.30. The van der Waals surface area contributed by atoms with Gasteiger partial charge in [-0.25, -0.2) is 0 Å². The second-order valence-electron chi connectivity index (χ2n) is 5.87. The van der Waals surface area contributed by atoms with Crippen LogP contribution < -0.4 is 4.90 Å². The molecule has 0 spiro atoms. The number of anilines is 1. The summed E-state index contributed by atoms with van der Waals surface area (Å²) < 4.78 is 0. The summed E-state index contributed by atoms with van der Waals surface area (Å²) in [6, 6.07) is 7.44. The Morgan fingerprint density at radius 3 is 2.26 bits per heavy atom. The number of benzene rings is 1. The lowest BCUT2D eigenvalue weighted by Crippen LogP contribution is -2.43. The first-order valence-corrected chi connectivity index (χ1v) is 6.21. The van der Waals surface area contributed by atoms with Gasteiger partial charge in [-0.3, -0.25) is 9.59 Å². The van der Waals surface area contributed by atoms with E-state index < -0.39 is 23.2 Å². The SMILES string of the molecule is Cc1cccc(N(C)C(=O)C(C(=O)O)C(C)(C)C)c1. The maximum absolute atomic E-state index is 12.4. The highest BCUT2D eigenvalue weighted by atomic mass is 16.4. The van der Waals surface area contributed by atoms with Crippen molar-refractivity contribution in [3.05, 3.63) is 29.8 Å². The molecule has 0 fully saturated rings. The van der Waals surface area contributed by atoms with E-state index in [2.05, 4.69) is 0 Å². The minimum atomic E-state index is -1.09. The van der Waals surface area contributed by atoms with Gasteiger partial charge in [-0.1, -0.05) is 32.9 Å². The summed E-state index contributed by atoms with van der Waals surface area (Å²) in [5, 5.41) is 9.28. The molecule has 1 aromatic rings. The Hall–Kier alpha value is -1.84. The summed E-state index contributed by atoms with van der Waals surface area (Å²) in [7, 11) is 1.61. The Labute approximate surface area is 114 Å². The van der Waals surface area contributed by atoms with Gasteiger partial charge in [-0.15, -0.1) is 0 Å². The third-order valence-corrected chi connectivity index (χ3v) is 3.08. The monoisotopic (exact) mass is 263 g/mol. The van der Waals surface area contributed by atoms with Crippen LogP contribution in [0.15, 0.2) is 24.3 Å². The first-order valence-electron chi connectivity index (χ1n) is 6.21. The van der Waals surface area contributed by atoms with Gasteiger partial charge < -0.3 is 10.0 Å². The van der Waals surface area contributed by atoms with E-state index in [4.69, 9.17) is 0 Å². The van der Waals surface area contributed by atoms with Gasteiger partial charge in [-0.2, -0.15) is 0 Å². The Kier molecular flexibility index (Phi) is 4.35. The number of carboxylic acid groups (broad SMARTS) is 1. The molecule has 0 aliphatic carbocycles. The highest BCUT2D eigenvalue weighted by Crippen LogP contribution is 2.29. The molecule has 1 atom stereocenters. The van der Waals surface area contributed by atoms with Crippen molar-refractivity contribution in [2.24, 2.45) is 11.3 Å². The summed E-state index contributed by atoms with van der Waals surface area (Å²) in [6.45, 7) is 7.20. The van der Waals surface area contributed by atoms with Crippen molar-refractivity contribution in [2.45, 2.75) is 27.7 Å². The van der Waals surface area contributed by atoms with Crippen LogP contribution in [0.25, 0.3) is 0 Å². The first kappa shape index (κ1) is 15.2. The molecule has 104 valence electrons. The second kappa shape index (κ2) is 5.43. The van der Waals surface area contributed by atoms with Crippen LogP contribution in [-0.4, -0.2) is 24.0 Å². The third-order valence-electron chi connectivity index (χ3n) is 3.08. The molecule has 0 heterocycles. The Morgan fingerprint density at radius 2 is 1.84 bits per heavy atom. The average molecular weight is 263 g/mol. The van der Waals surface area contributed by atoms with Crippen molar-refractivity contribution in [1.29, 1.82) is 0 Å². The fraction of sp³-hybridized carbons (Fsp3) is 0.467. The van der Waals surface area contributed by atoms with E-state index in [1.807, 2.05) is 25.1 Å². The first-order chi connectivity index (χ1) is 8.64. The van der Waals surface area contributed by atoms with Crippen LogP contribution in [0.5, 0.6) is 0 Å². The van der Waals surface area contributed by atoms with E-state index in [1.54, 1.807) is 33.9 Å². The van der Waals surface area contributed by atoms with Crippen molar-refractivity contribution in [3.8, 4) is 0 Å². The highest BCUT2D eigenvalue weighted by molar-refractivity contribution is 6.06. The summed E-state index contributed by atoms with van der Waals surface area (Å²) in [5.74, 6) is -2.54. The molecule has 0 aliphatic rings. The molecule has 0 saturated carbocycles. The number of rotatable bonds is 3. The molecule has 0 saturated heterocycles. The van der Waals surface area contributed by atoms with E-state index in [9.17, 15) is 14.7 Å². The highest BCUT2D eigenvalue weighted by Gasteiger charge is 2.39. The maximum Gasteiger partial charge on any atom is 0.316 e. The van der Waals surface area contributed by atoms with Gasteiger partial charge in [0.15, 0.2) is 0 Å². The number of carbonyl (C=O) groups excluding carboxylic acids is 1. The fourth-order valence-corrected chi connectivity index (χ4v) is 2.00. The van der Waals surface area contributed by atoms with Crippen molar-refractivity contribution >= 4 is 17.6 Å². The zero-order valence-electron chi connectivity index (χ0n) is 12.1. The standard InChI is InChI=1S/C15H21NO3/c1-10-7-6-8-11(9-10)16(5)13(17)12(14(18)19)15(2,3)4/h6-9,12H,1-5H3,(H,18,19). The second-order valence-corrected chi connectivity index (χ2v) is 5.87. The van der Waals surface area contributed by atoms with Gasteiger partial charge in [0, 0.05) is 12.7 Å². The summed E-state index contributed by atoms with van der Waals surface area (Å²) >= 11 is 0. The minimum absolute atomic E-state index is 0.398. The van der Waals surface area contributed by atoms with Crippen molar-refractivity contribution < 1.29 is 14.7 Å². The fourth-order valence-electron chi connectivity index (χ4n) is 2.00. The maximum atomic E-state index is 12.4. The number of hydrogen-bond acceptors (Lipinski definition) is 2. The smallest absolute Gasteiger partial charge is 0.316 e. The molecule has 1 aromatic carbocycles. The minimum Gasteiger partial charge on any atom is -0.481 e. The molecule has 0 aromatic heterocycles. The normalized spacial score (nSPS) is 12.9. The molecular formula is C15H21NO3. The Bertz CT molecular complexity index is 488. The third kappa shape index (κ3) is 3.56. The molecule has 0 radical (unpaired) electrons. The van der Waals surface area contributed by atoms with Gasteiger partial charge >= 0.3 is 5.97 Å². The zero-order chi connectivity index (χ0) is 14.8. The molecule has 4 heteroatoms. The van der Waals surface area contributed by atoms with Gasteiger partial charge in [0.05, 0.1) is 0 Å². The van der Waals surface area contributed by atoms with Crippen LogP contribution in [0.3, 0.4) is 0 Å². The molecule has 1 rings (SSSR count). The number of carboxylic acids is 1. The lowest BCUT2D eigenvalue weighted by atomic mass is 9.80. The molecule has 0 bridgehead atoms. The largest absolute Gasteiger partial charge is 0.481 e. The van der Waals surface area contributed by atoms with E-state index in [1.165, 1.54) is 4.90 Å². The molecule has 0 aliphatic heterocycles. The van der Waals surface area contributed by atoms with Crippen molar-refractivity contribution in [1.82, 2.24) is 0 Å². The van der Waals surface area contributed by atoms with Crippen molar-refractivity contribution in [3.63, 3.8) is 0 Å². The lowest BCUT2D eigenvalue weighted by molar-refractivity contribution is -0.150. The van der Waals surface area contributed by atoms with Gasteiger partial charge in [-0.05, 0) is 30.0 Å². The van der Waals surface area contributed by atoms with Crippen molar-refractivity contribution in [2.75, 3.05) is 11.9 Å². The molecule has 4 nitrogen and oxygen atoms in total. The molecule has 1 unspecified atom stereocenters. The summed E-state index contributed by atoms with van der Waals surface area (Å²) in [5.41, 5.74) is 1.11. The van der Waals surface area contributed by atoms with Crippen LogP contribution in [0.2, 0.25) is 0 Å². The zero-order valence-corrected chi connectivity index (χ0v) is 12.1. The number of aliphatic carboxylic acids is 1. The predicted octanol–water partition coefficient (Wildman–Crippen LogP) is 2.70. The van der Waals surface area contributed by atoms with Crippen LogP contribution in [-0.2, 0) is 9.59 Å². The molecule has 19 heavy (non-hydrogen) atoms. The molecular weight excluding hydrogens is 242 g/mol. The number of carbonyl (C=O) groups is 2.